The highest BCUT2D eigenvalue weighted by Gasteiger charge is 2.60. The van der Waals surface area contributed by atoms with E-state index in [1.54, 1.807) is 18.5 Å². The predicted octanol–water partition coefficient (Wildman–Crippen LogP) is 8.32. The minimum Gasteiger partial charge on any atom is -0.251 e. The molecule has 4 unspecified atom stereocenters. The molecule has 0 radical (unpaired) electrons. The van der Waals surface area contributed by atoms with E-state index >= 15 is 0 Å². The summed E-state index contributed by atoms with van der Waals surface area (Å²) < 4.78 is 12.9. The van der Waals surface area contributed by atoms with Crippen LogP contribution in [0.5, 0.6) is 0 Å². The fraction of sp³-hybridized carbons (Fsp3) is 0.875. The molecule has 10 atom stereocenters. The second-order valence-corrected chi connectivity index (χ2v) is 15.8. The van der Waals surface area contributed by atoms with Crippen molar-refractivity contribution < 1.29 is 4.21 Å². The Morgan fingerprint density at radius 2 is 1.64 bits per heavy atom. The lowest BCUT2D eigenvalue weighted by molar-refractivity contribution is -0.120. The Hall–Kier alpha value is -0.770. The van der Waals surface area contributed by atoms with E-state index in [1.807, 2.05) is 0 Å². The van der Waals surface area contributed by atoms with Crippen molar-refractivity contribution in [3.05, 3.63) is 18.5 Å². The number of nitrogens with zero attached hydrogens (tertiary/aromatic N) is 2. The molecule has 202 valence electrons. The van der Waals surface area contributed by atoms with Crippen LogP contribution in [0.15, 0.2) is 23.6 Å². The third-order valence-corrected chi connectivity index (χ3v) is 13.5. The van der Waals surface area contributed by atoms with Gasteiger partial charge < -0.3 is 0 Å². The summed E-state index contributed by atoms with van der Waals surface area (Å²) >= 11 is 0. The highest BCUT2D eigenvalue weighted by Crippen LogP contribution is 2.68. The fourth-order valence-electron chi connectivity index (χ4n) is 10.2. The molecule has 1 heterocycles. The first-order valence-corrected chi connectivity index (χ1v) is 16.7. The first kappa shape index (κ1) is 26.8. The van der Waals surface area contributed by atoms with Gasteiger partial charge in [-0.25, -0.2) is 9.97 Å². The van der Waals surface area contributed by atoms with Gasteiger partial charge in [0.05, 0.1) is 10.8 Å². The van der Waals surface area contributed by atoms with Crippen LogP contribution in [0, 0.1) is 58.2 Å². The summed E-state index contributed by atoms with van der Waals surface area (Å²) in [7, 11) is -1.06. The van der Waals surface area contributed by atoms with E-state index in [0.29, 0.717) is 21.9 Å². The van der Waals surface area contributed by atoms with Crippen LogP contribution in [0.4, 0.5) is 0 Å². The van der Waals surface area contributed by atoms with Gasteiger partial charge in [-0.15, -0.1) is 0 Å². The summed E-state index contributed by atoms with van der Waals surface area (Å²) in [4.78, 5) is 8.52. The number of rotatable bonds is 8. The van der Waals surface area contributed by atoms with Gasteiger partial charge in [-0.1, -0.05) is 53.9 Å². The van der Waals surface area contributed by atoms with Gasteiger partial charge in [-0.05, 0) is 122 Å². The van der Waals surface area contributed by atoms with Crippen LogP contribution in [0.1, 0.15) is 112 Å². The van der Waals surface area contributed by atoms with E-state index < -0.39 is 10.8 Å². The molecule has 4 fully saturated rings. The lowest BCUT2D eigenvalue weighted by atomic mass is 9.44. The van der Waals surface area contributed by atoms with Gasteiger partial charge in [-0.3, -0.25) is 4.21 Å². The molecule has 4 saturated carbocycles. The fourth-order valence-corrected chi connectivity index (χ4v) is 11.5. The minimum atomic E-state index is -1.06. The zero-order valence-electron chi connectivity index (χ0n) is 23.8. The van der Waals surface area contributed by atoms with E-state index in [1.165, 1.54) is 77.0 Å². The Bertz CT molecular complexity index is 905. The molecule has 5 rings (SSSR count). The second kappa shape index (κ2) is 10.8. The van der Waals surface area contributed by atoms with Crippen molar-refractivity contribution in [3.63, 3.8) is 0 Å². The maximum atomic E-state index is 12.9. The van der Waals surface area contributed by atoms with Crippen LogP contribution in [-0.2, 0) is 10.8 Å². The average Bonchev–Trinajstić information content (AvgIpc) is 3.22. The van der Waals surface area contributed by atoms with Gasteiger partial charge in [0.2, 0.25) is 5.16 Å². The Kier molecular flexibility index (Phi) is 8.03. The summed E-state index contributed by atoms with van der Waals surface area (Å²) in [6, 6.07) is 1.81. The molecule has 0 spiro atoms. The Morgan fingerprint density at radius 1 is 0.917 bits per heavy atom. The third kappa shape index (κ3) is 4.98. The van der Waals surface area contributed by atoms with Crippen LogP contribution in [-0.4, -0.2) is 19.9 Å². The van der Waals surface area contributed by atoms with Crippen LogP contribution in [0.25, 0.3) is 0 Å². The first-order valence-electron chi connectivity index (χ1n) is 15.4. The van der Waals surface area contributed by atoms with Crippen LogP contribution < -0.4 is 0 Å². The van der Waals surface area contributed by atoms with Crippen molar-refractivity contribution in [3.8, 4) is 0 Å². The largest absolute Gasteiger partial charge is 0.251 e. The van der Waals surface area contributed by atoms with Gasteiger partial charge >= 0.3 is 0 Å². The highest BCUT2D eigenvalue weighted by molar-refractivity contribution is 7.84. The molecule has 0 saturated heterocycles. The van der Waals surface area contributed by atoms with Crippen LogP contribution in [0.3, 0.4) is 0 Å². The monoisotopic (exact) mass is 512 g/mol. The SMILES string of the molecule is CC(C)CCC[C@@H](C)[C@H]1CCC2C3CC[C@H]4C[C@H](CS(=O)c5ncccn5)CC[C@]4(C)C3CC[C@@]21C. The zero-order chi connectivity index (χ0) is 25.5. The number of fused-ring (bicyclic) bond motifs is 5. The van der Waals surface area contributed by atoms with Gasteiger partial charge in [0.25, 0.3) is 0 Å². The Morgan fingerprint density at radius 3 is 2.39 bits per heavy atom. The summed E-state index contributed by atoms with van der Waals surface area (Å²) in [5.74, 6) is 7.68. The lowest BCUT2D eigenvalue weighted by Crippen LogP contribution is -2.54. The molecule has 0 aliphatic heterocycles. The van der Waals surface area contributed by atoms with E-state index in [9.17, 15) is 4.21 Å². The van der Waals surface area contributed by atoms with Crippen molar-refractivity contribution in [2.45, 2.75) is 117 Å². The van der Waals surface area contributed by atoms with Crippen LogP contribution in [0.2, 0.25) is 0 Å². The quantitative estimate of drug-likeness (QED) is 0.329. The predicted molar refractivity (Wildman–Crippen MR) is 150 cm³/mol. The van der Waals surface area contributed by atoms with E-state index in [2.05, 4.69) is 44.6 Å². The summed E-state index contributed by atoms with van der Waals surface area (Å²) in [5, 5.41) is 0.523. The Labute approximate surface area is 223 Å². The second-order valence-electron chi connectivity index (χ2n) is 14.4. The molecule has 0 amide bonds. The maximum Gasteiger partial charge on any atom is 0.218 e. The Balaban J connectivity index is 1.22. The van der Waals surface area contributed by atoms with Crippen molar-refractivity contribution in [1.29, 1.82) is 0 Å². The molecule has 0 bridgehead atoms. The van der Waals surface area contributed by atoms with Gasteiger partial charge in [-0.2, -0.15) is 0 Å². The van der Waals surface area contributed by atoms with Gasteiger partial charge in [0, 0.05) is 18.1 Å². The van der Waals surface area contributed by atoms with Crippen molar-refractivity contribution >= 4 is 10.8 Å². The minimum absolute atomic E-state index is 0.506. The standard InChI is InChI=1S/C32H52N2OS/c1-22(2)8-6-9-23(3)27-12-13-28-26-11-10-25-20-24(21-36(35)30-33-18-7-19-34-30)14-16-31(25,4)29(26)15-17-32(27,28)5/h7,18-19,22-29H,6,8-17,20-21H2,1-5H3/t23-,24-,25+,26?,27-,28?,29?,31+,32-,36?/m1/s1. The molecule has 4 aliphatic carbocycles. The third-order valence-electron chi connectivity index (χ3n) is 12.1. The molecule has 1 aromatic heterocycles. The molecule has 4 aliphatic rings. The van der Waals surface area contributed by atoms with E-state index in [4.69, 9.17) is 0 Å². The summed E-state index contributed by atoms with van der Waals surface area (Å²) in [6.07, 6.45) is 20.3. The normalized spacial score (nSPS) is 41.8. The van der Waals surface area contributed by atoms with Crippen molar-refractivity contribution in [2.24, 2.45) is 58.2 Å². The maximum absolute atomic E-state index is 12.9. The van der Waals surface area contributed by atoms with Crippen molar-refractivity contribution in [2.75, 3.05) is 5.75 Å². The smallest absolute Gasteiger partial charge is 0.218 e. The molecule has 1 aromatic rings. The lowest BCUT2D eigenvalue weighted by Gasteiger charge is -2.61. The molecule has 0 aromatic carbocycles. The average molecular weight is 513 g/mol. The van der Waals surface area contributed by atoms with E-state index in [-0.39, 0.29) is 0 Å². The molecular weight excluding hydrogens is 460 g/mol. The molecular formula is C32H52N2OS. The number of hydrogen-bond donors (Lipinski definition) is 0. The molecule has 36 heavy (non-hydrogen) atoms. The van der Waals surface area contributed by atoms with E-state index in [0.717, 1.165) is 47.2 Å². The van der Waals surface area contributed by atoms with Gasteiger partial charge in [0.15, 0.2) is 0 Å². The van der Waals surface area contributed by atoms with Crippen LogP contribution >= 0.6 is 0 Å². The molecule has 0 N–H and O–H groups in total. The van der Waals surface area contributed by atoms with Gasteiger partial charge in [0.1, 0.15) is 0 Å². The molecule has 3 nitrogen and oxygen atoms in total. The number of aromatic nitrogens is 2. The summed E-state index contributed by atoms with van der Waals surface area (Å²) in [5.41, 5.74) is 1.10. The topological polar surface area (TPSA) is 42.9 Å². The highest BCUT2D eigenvalue weighted by atomic mass is 32.2. The first-order chi connectivity index (χ1) is 17.2. The summed E-state index contributed by atoms with van der Waals surface area (Å²) in [6.45, 7) is 12.7. The zero-order valence-corrected chi connectivity index (χ0v) is 24.6. The van der Waals surface area contributed by atoms with Crippen molar-refractivity contribution in [1.82, 2.24) is 9.97 Å². The number of hydrogen-bond acceptors (Lipinski definition) is 3. The molecule has 4 heteroatoms.